The molecule has 0 saturated heterocycles. The first-order valence-electron chi connectivity index (χ1n) is 34.2. The number of rotatable bonds is 12. The van der Waals surface area contributed by atoms with Crippen LogP contribution in [0.2, 0.25) is 0 Å². The molecular weight excluding hydrogens is 1410 g/mol. The summed E-state index contributed by atoms with van der Waals surface area (Å²) in [6.07, 6.45) is 5.69. The van der Waals surface area contributed by atoms with Crippen molar-refractivity contribution in [2.24, 2.45) is 0 Å². The van der Waals surface area contributed by atoms with Crippen LogP contribution in [0.4, 0.5) is 0 Å². The Balaban J connectivity index is 0.00000792. The van der Waals surface area contributed by atoms with Crippen molar-refractivity contribution in [2.75, 3.05) is 0 Å². The average molecular weight is 1480 g/mol. The van der Waals surface area contributed by atoms with Gasteiger partial charge in [-0.25, -0.2) is 0 Å². The molecule has 6 heteroatoms. The summed E-state index contributed by atoms with van der Waals surface area (Å²) in [7, 11) is 0. The van der Waals surface area contributed by atoms with Gasteiger partial charge in [-0.1, -0.05) is 268 Å². The van der Waals surface area contributed by atoms with Gasteiger partial charge in [-0.05, 0) is 162 Å². The molecule has 12 aromatic carbocycles. The van der Waals surface area contributed by atoms with E-state index in [1.165, 1.54) is 11.1 Å². The molecule has 0 aliphatic carbocycles. The van der Waals surface area contributed by atoms with Gasteiger partial charge in [0.2, 0.25) is 0 Å². The fourth-order valence-corrected chi connectivity index (χ4v) is 14.3. The molecule has 0 radical (unpaired) electrons. The number of benzene rings is 12. The molecule has 5 heterocycles. The number of hydrogen-bond donors (Lipinski definition) is 0. The first-order chi connectivity index (χ1) is 48.8. The SMILES string of the molecule is CC(C)(C)c1ccnc(-c2[c-]cc(-c3ccccc3-c3cc(-c4ccccc4-c4c[c-]c(-c5ccccn5)cc4-c4ccccc4)cc(-c4ccccc4-c4c[c-]c(-c5cc(C(C)(C)C)ccn5)cc4-c4ccc5c(c4)oc4ccccc45)c3)c(-c3ccc4c(c3)oc3ccccc34)c2)c1.[Ir+3]. The number of para-hydroxylation sites is 2. The largest absolute Gasteiger partial charge is 3.00 e. The predicted molar refractivity (Wildman–Crippen MR) is 414 cm³/mol. The second-order valence-corrected chi connectivity index (χ2v) is 28.0. The van der Waals surface area contributed by atoms with Crippen molar-refractivity contribution in [1.29, 1.82) is 0 Å². The van der Waals surface area contributed by atoms with Crippen molar-refractivity contribution in [2.45, 2.75) is 52.4 Å². The van der Waals surface area contributed by atoms with Gasteiger partial charge < -0.3 is 23.8 Å². The van der Waals surface area contributed by atoms with Gasteiger partial charge in [0.1, 0.15) is 22.3 Å². The van der Waals surface area contributed by atoms with E-state index in [0.29, 0.717) is 0 Å². The van der Waals surface area contributed by atoms with E-state index in [0.717, 1.165) is 178 Å². The van der Waals surface area contributed by atoms with Crippen molar-refractivity contribution < 1.29 is 28.9 Å². The molecule has 17 rings (SSSR count). The van der Waals surface area contributed by atoms with Crippen LogP contribution in [0.5, 0.6) is 0 Å². The third kappa shape index (κ3) is 12.2. The molecule has 0 spiro atoms. The molecule has 0 saturated carbocycles. The zero-order valence-electron chi connectivity index (χ0n) is 56.9. The van der Waals surface area contributed by atoms with Crippen molar-refractivity contribution >= 4 is 43.9 Å². The van der Waals surface area contributed by atoms with E-state index in [4.69, 9.17) is 23.8 Å². The van der Waals surface area contributed by atoms with Gasteiger partial charge in [0.25, 0.3) is 0 Å². The van der Waals surface area contributed by atoms with Gasteiger partial charge in [-0.2, -0.15) is 0 Å². The molecule has 17 aromatic rings. The summed E-state index contributed by atoms with van der Waals surface area (Å²) in [5.74, 6) is 0. The van der Waals surface area contributed by atoms with Gasteiger partial charge in [0.15, 0.2) is 0 Å². The summed E-state index contributed by atoms with van der Waals surface area (Å²) in [5.41, 5.74) is 29.8. The first-order valence-corrected chi connectivity index (χ1v) is 34.2. The van der Waals surface area contributed by atoms with Crippen molar-refractivity contribution in [3.63, 3.8) is 0 Å². The van der Waals surface area contributed by atoms with E-state index in [1.54, 1.807) is 0 Å². The summed E-state index contributed by atoms with van der Waals surface area (Å²) in [6.45, 7) is 13.5. The van der Waals surface area contributed by atoms with Crippen LogP contribution in [-0.4, -0.2) is 15.0 Å². The smallest absolute Gasteiger partial charge is 0.456 e. The third-order valence-corrected chi connectivity index (χ3v) is 19.6. The Morgan fingerprint density at radius 3 is 1.02 bits per heavy atom. The molecule has 0 N–H and O–H groups in total. The number of aromatic nitrogens is 3. The van der Waals surface area contributed by atoms with Crippen LogP contribution < -0.4 is 0 Å². The first kappa shape index (κ1) is 64.0. The molecule has 5 nitrogen and oxygen atoms in total. The summed E-state index contributed by atoms with van der Waals surface area (Å²) < 4.78 is 13.3. The minimum absolute atomic E-state index is 0. The number of fused-ring (bicyclic) bond motifs is 6. The Labute approximate surface area is 602 Å². The minimum Gasteiger partial charge on any atom is -0.456 e. The van der Waals surface area contributed by atoms with E-state index >= 15 is 0 Å². The van der Waals surface area contributed by atoms with Crippen molar-refractivity contribution in [3.8, 4) is 134 Å². The molecule has 0 aliphatic heterocycles. The van der Waals surface area contributed by atoms with Crippen LogP contribution in [0.1, 0.15) is 52.7 Å². The molecule has 0 unspecified atom stereocenters. The quantitative estimate of drug-likeness (QED) is 0.114. The Morgan fingerprint density at radius 2 is 0.604 bits per heavy atom. The van der Waals surface area contributed by atoms with Gasteiger partial charge in [-0.3, -0.25) is 0 Å². The van der Waals surface area contributed by atoms with E-state index in [1.807, 2.05) is 61.1 Å². The Hall–Kier alpha value is -11.7. The van der Waals surface area contributed by atoms with Crippen LogP contribution in [0.3, 0.4) is 0 Å². The molecule has 0 bridgehead atoms. The number of nitrogens with zero attached hydrogens (tertiary/aromatic N) is 3. The maximum absolute atomic E-state index is 6.64. The summed E-state index contributed by atoms with van der Waals surface area (Å²) >= 11 is 0. The Kier molecular flexibility index (Phi) is 16.6. The second-order valence-electron chi connectivity index (χ2n) is 28.0. The number of furan rings is 2. The molecule has 0 atom stereocenters. The summed E-state index contributed by atoms with van der Waals surface area (Å²) in [5, 5.41) is 4.32. The van der Waals surface area contributed by atoms with Gasteiger partial charge in [-0.15, -0.1) is 71.3 Å². The standard InChI is InChI=1S/C95H68N3O2.Ir/c1-94(2,3)69-45-48-97-88(58-69)64-38-41-78(85(54-64)61-35-43-82-80-30-16-18-33-90(80)99-92(82)56-61)75-28-14-11-25-72(75)67-50-66(71-24-10-13-27-74(71)77-40-37-63(87-32-20-21-47-96-87)53-84(77)60-22-8-7-9-23-60)51-68(52-67)73-26-12-15-29-76(73)79-42-39-65(89-59-70(46-49-98-89)95(4,5)6)55-86(79)62-36-44-83-81-31-17-19-34-91(81)100-93(83)57-62;/h7-36,40-59H,1-6H3;/q-3;+3. The number of hydrogen-bond acceptors (Lipinski definition) is 5. The second kappa shape index (κ2) is 26.2. The van der Waals surface area contributed by atoms with Crippen LogP contribution in [-0.2, 0) is 30.9 Å². The van der Waals surface area contributed by atoms with E-state index in [9.17, 15) is 0 Å². The summed E-state index contributed by atoms with van der Waals surface area (Å²) in [6, 6.07) is 113. The monoisotopic (exact) mass is 1480 g/mol. The Morgan fingerprint density at radius 1 is 0.248 bits per heavy atom. The minimum atomic E-state index is -0.0825. The van der Waals surface area contributed by atoms with Crippen molar-refractivity contribution in [3.05, 3.63) is 333 Å². The fraction of sp³-hybridized carbons (Fsp3) is 0.0842. The third-order valence-electron chi connectivity index (χ3n) is 19.6. The van der Waals surface area contributed by atoms with Gasteiger partial charge >= 0.3 is 20.1 Å². The molecular formula is C95H68IrN3O2. The number of pyridine rings is 3. The van der Waals surface area contributed by atoms with Crippen LogP contribution >= 0.6 is 0 Å². The average Bonchev–Trinajstić information content (AvgIpc) is 1.34. The molecule has 5 aromatic heterocycles. The van der Waals surface area contributed by atoms with E-state index < -0.39 is 0 Å². The van der Waals surface area contributed by atoms with E-state index in [2.05, 4.69) is 302 Å². The molecule has 101 heavy (non-hydrogen) atoms. The molecule has 0 fully saturated rings. The topological polar surface area (TPSA) is 65.0 Å². The predicted octanol–water partition coefficient (Wildman–Crippen LogP) is 25.7. The van der Waals surface area contributed by atoms with Gasteiger partial charge in [0.05, 0.1) is 0 Å². The fourth-order valence-electron chi connectivity index (χ4n) is 14.3. The molecule has 0 amide bonds. The Bertz CT molecular complexity index is 5730. The van der Waals surface area contributed by atoms with Gasteiger partial charge in [0, 0.05) is 40.1 Å². The summed E-state index contributed by atoms with van der Waals surface area (Å²) in [4.78, 5) is 14.8. The molecule has 484 valence electrons. The van der Waals surface area contributed by atoms with Crippen molar-refractivity contribution in [1.82, 2.24) is 15.0 Å². The zero-order valence-corrected chi connectivity index (χ0v) is 59.3. The normalized spacial score (nSPS) is 11.8. The maximum atomic E-state index is 6.64. The van der Waals surface area contributed by atoms with Crippen LogP contribution in [0, 0.1) is 18.2 Å². The molecule has 0 aliphatic rings. The zero-order chi connectivity index (χ0) is 67.6. The van der Waals surface area contributed by atoms with E-state index in [-0.39, 0.29) is 30.9 Å². The van der Waals surface area contributed by atoms with Crippen LogP contribution in [0.15, 0.2) is 313 Å². The maximum Gasteiger partial charge on any atom is 3.00 e. The van der Waals surface area contributed by atoms with Crippen LogP contribution in [0.25, 0.3) is 178 Å².